The number of furan rings is 1. The number of aryl methyl sites for hydroxylation is 2. The van der Waals surface area contributed by atoms with E-state index in [1.165, 1.54) is 4.57 Å². The third-order valence-corrected chi connectivity index (χ3v) is 4.11. The van der Waals surface area contributed by atoms with Crippen molar-refractivity contribution < 1.29 is 4.42 Å². The summed E-state index contributed by atoms with van der Waals surface area (Å²) in [6, 6.07) is 3.64. The van der Waals surface area contributed by atoms with Crippen molar-refractivity contribution in [2.45, 2.75) is 39.8 Å². The van der Waals surface area contributed by atoms with E-state index in [4.69, 9.17) is 4.42 Å². The Bertz CT molecular complexity index is 1020. The Morgan fingerprint density at radius 3 is 2.48 bits per heavy atom. The van der Waals surface area contributed by atoms with Gasteiger partial charge in [-0.05, 0) is 37.1 Å². The van der Waals surface area contributed by atoms with Gasteiger partial charge in [0.1, 0.15) is 11.6 Å². The molecule has 3 rings (SSSR count). The molecule has 0 aliphatic carbocycles. The quantitative estimate of drug-likeness (QED) is 0.690. The van der Waals surface area contributed by atoms with Gasteiger partial charge in [0.05, 0.1) is 6.26 Å². The lowest BCUT2D eigenvalue weighted by Gasteiger charge is -2.10. The highest BCUT2D eigenvalue weighted by Crippen LogP contribution is 2.14. The molecule has 0 bridgehead atoms. The molecule has 3 aromatic rings. The van der Waals surface area contributed by atoms with E-state index in [0.717, 1.165) is 12.8 Å². The smallest absolute Gasteiger partial charge is 0.332 e. The monoisotopic (exact) mass is 342 g/mol. The normalized spacial score (nSPS) is 11.8. The molecule has 0 amide bonds. The fourth-order valence-corrected chi connectivity index (χ4v) is 2.92. The first-order chi connectivity index (χ1) is 12.1. The fraction of sp³-hybridized carbons (Fsp3) is 0.389. The second-order valence-corrected chi connectivity index (χ2v) is 5.94. The molecule has 0 radical (unpaired) electrons. The maximum absolute atomic E-state index is 12.8. The summed E-state index contributed by atoms with van der Waals surface area (Å²) in [5, 5.41) is 0. The van der Waals surface area contributed by atoms with E-state index in [1.54, 1.807) is 40.7 Å². The van der Waals surface area contributed by atoms with Crippen molar-refractivity contribution in [3.63, 3.8) is 0 Å². The molecule has 3 heterocycles. The maximum atomic E-state index is 12.8. The second-order valence-electron chi connectivity index (χ2n) is 5.94. The van der Waals surface area contributed by atoms with E-state index >= 15 is 0 Å². The van der Waals surface area contributed by atoms with Crippen LogP contribution in [-0.2, 0) is 20.1 Å². The topological polar surface area (TPSA) is 75.0 Å². The van der Waals surface area contributed by atoms with Gasteiger partial charge in [-0.25, -0.2) is 9.78 Å². The molecule has 25 heavy (non-hydrogen) atoms. The number of nitrogens with zero attached hydrogens (tertiary/aromatic N) is 4. The minimum absolute atomic E-state index is 0.290. The van der Waals surface area contributed by atoms with E-state index in [2.05, 4.69) is 4.98 Å². The minimum atomic E-state index is -0.291. The van der Waals surface area contributed by atoms with Crippen LogP contribution in [0, 0.1) is 0 Å². The van der Waals surface area contributed by atoms with Crippen molar-refractivity contribution in [3.05, 3.63) is 50.8 Å². The number of hydrogen-bond donors (Lipinski definition) is 0. The number of hydrogen-bond acceptors (Lipinski definition) is 4. The van der Waals surface area contributed by atoms with Gasteiger partial charge in [-0.3, -0.25) is 13.9 Å². The van der Waals surface area contributed by atoms with E-state index in [-0.39, 0.29) is 11.2 Å². The van der Waals surface area contributed by atoms with Crippen LogP contribution in [0.1, 0.15) is 38.3 Å². The highest BCUT2D eigenvalue weighted by Gasteiger charge is 2.18. The van der Waals surface area contributed by atoms with Crippen LogP contribution in [0.15, 0.2) is 32.4 Å². The summed E-state index contributed by atoms with van der Waals surface area (Å²) in [6.07, 6.45) is 6.66. The van der Waals surface area contributed by atoms with Gasteiger partial charge in [0.15, 0.2) is 11.2 Å². The summed E-state index contributed by atoms with van der Waals surface area (Å²) in [7, 11) is 1.79. The van der Waals surface area contributed by atoms with Crippen LogP contribution in [0.2, 0.25) is 0 Å². The summed E-state index contributed by atoms with van der Waals surface area (Å²) in [5.74, 6) is 1.29. The molecule has 0 spiro atoms. The molecule has 0 saturated carbocycles. The highest BCUT2D eigenvalue weighted by atomic mass is 16.3. The third-order valence-electron chi connectivity index (χ3n) is 4.11. The summed E-state index contributed by atoms with van der Waals surface area (Å²) in [5.41, 5.74) is 0.300. The first kappa shape index (κ1) is 17.0. The molecule has 132 valence electrons. The Labute approximate surface area is 144 Å². The first-order valence-corrected chi connectivity index (χ1v) is 8.50. The Kier molecular flexibility index (Phi) is 4.74. The molecule has 0 fully saturated rings. The Hall–Kier alpha value is -2.83. The highest BCUT2D eigenvalue weighted by molar-refractivity contribution is 5.76. The largest absolute Gasteiger partial charge is 0.465 e. The zero-order valence-corrected chi connectivity index (χ0v) is 14.7. The van der Waals surface area contributed by atoms with Crippen LogP contribution in [-0.4, -0.2) is 18.7 Å². The molecule has 0 atom stereocenters. The molecule has 0 unspecified atom stereocenters. The Morgan fingerprint density at radius 2 is 1.84 bits per heavy atom. The van der Waals surface area contributed by atoms with Crippen LogP contribution < -0.4 is 11.2 Å². The molecule has 0 N–H and O–H groups in total. The molecular weight excluding hydrogens is 320 g/mol. The van der Waals surface area contributed by atoms with Crippen LogP contribution in [0.4, 0.5) is 0 Å². The summed E-state index contributed by atoms with van der Waals surface area (Å²) < 4.78 is 9.91. The predicted octanol–water partition coefficient (Wildman–Crippen LogP) is 2.48. The third kappa shape index (κ3) is 2.97. The minimum Gasteiger partial charge on any atom is -0.465 e. The van der Waals surface area contributed by atoms with Crippen LogP contribution in [0.5, 0.6) is 0 Å². The zero-order valence-electron chi connectivity index (χ0n) is 14.7. The second kappa shape index (κ2) is 6.96. The van der Waals surface area contributed by atoms with Crippen molar-refractivity contribution in [2.75, 3.05) is 0 Å². The lowest BCUT2D eigenvalue weighted by molar-refractivity contribution is 0.554. The number of imidazole rings is 1. The zero-order chi connectivity index (χ0) is 18.0. The molecule has 7 heteroatoms. The molecule has 3 aromatic heterocycles. The molecule has 0 aromatic carbocycles. The number of rotatable bonds is 6. The molecular formula is C18H22N4O3. The van der Waals surface area contributed by atoms with Gasteiger partial charge >= 0.3 is 5.69 Å². The molecule has 0 saturated heterocycles. The first-order valence-electron chi connectivity index (χ1n) is 8.50. The number of aromatic nitrogens is 4. The summed E-state index contributed by atoms with van der Waals surface area (Å²) in [4.78, 5) is 30.0. The standard InChI is InChI=1S/C18H22N4O3/c1-4-10-21-16-15(17(23)22(11-5-2)18(21)24)20(3)14(19-16)9-8-13-7-6-12-25-13/h6-9,12H,4-5,10-11H2,1-3H3. The van der Waals surface area contributed by atoms with E-state index in [9.17, 15) is 9.59 Å². The van der Waals surface area contributed by atoms with Gasteiger partial charge < -0.3 is 8.98 Å². The Morgan fingerprint density at radius 1 is 1.12 bits per heavy atom. The molecule has 7 nitrogen and oxygen atoms in total. The van der Waals surface area contributed by atoms with Gasteiger partial charge in [-0.15, -0.1) is 0 Å². The average Bonchev–Trinajstić information content (AvgIpc) is 3.22. The van der Waals surface area contributed by atoms with E-state index in [0.29, 0.717) is 35.8 Å². The van der Waals surface area contributed by atoms with Gasteiger partial charge in [-0.2, -0.15) is 0 Å². The predicted molar refractivity (Wildman–Crippen MR) is 97.5 cm³/mol. The van der Waals surface area contributed by atoms with Crippen LogP contribution in [0.25, 0.3) is 23.3 Å². The summed E-state index contributed by atoms with van der Waals surface area (Å²) in [6.45, 7) is 4.87. The van der Waals surface area contributed by atoms with Crippen molar-refractivity contribution in [1.82, 2.24) is 18.7 Å². The van der Waals surface area contributed by atoms with Crippen molar-refractivity contribution >= 4 is 23.3 Å². The molecule has 0 aliphatic heterocycles. The van der Waals surface area contributed by atoms with Gasteiger partial charge in [0.2, 0.25) is 0 Å². The maximum Gasteiger partial charge on any atom is 0.332 e. The van der Waals surface area contributed by atoms with Crippen molar-refractivity contribution in [1.29, 1.82) is 0 Å². The van der Waals surface area contributed by atoms with E-state index in [1.807, 2.05) is 19.9 Å². The molecule has 0 aliphatic rings. The number of fused-ring (bicyclic) bond motifs is 1. The van der Waals surface area contributed by atoms with Gasteiger partial charge in [0.25, 0.3) is 5.56 Å². The lowest BCUT2D eigenvalue weighted by atomic mass is 10.4. The van der Waals surface area contributed by atoms with Crippen molar-refractivity contribution in [2.24, 2.45) is 7.05 Å². The van der Waals surface area contributed by atoms with Crippen molar-refractivity contribution in [3.8, 4) is 0 Å². The van der Waals surface area contributed by atoms with Gasteiger partial charge in [0, 0.05) is 20.1 Å². The van der Waals surface area contributed by atoms with E-state index < -0.39 is 0 Å². The van der Waals surface area contributed by atoms with Crippen LogP contribution in [0.3, 0.4) is 0 Å². The summed E-state index contributed by atoms with van der Waals surface area (Å²) >= 11 is 0. The fourth-order valence-electron chi connectivity index (χ4n) is 2.92. The average molecular weight is 342 g/mol. The Balaban J connectivity index is 2.25. The lowest BCUT2D eigenvalue weighted by Crippen LogP contribution is -2.40. The van der Waals surface area contributed by atoms with Crippen LogP contribution >= 0.6 is 0 Å². The SMILES string of the molecule is CCCn1c(=O)c2c(nc(C=Cc3ccco3)n2C)n(CCC)c1=O. The van der Waals surface area contributed by atoms with Gasteiger partial charge in [-0.1, -0.05) is 13.8 Å².